The summed E-state index contributed by atoms with van der Waals surface area (Å²) in [5, 5.41) is 20.1. The molecule has 0 radical (unpaired) electrons. The van der Waals surface area contributed by atoms with Crippen LogP contribution in [0.1, 0.15) is 44.6 Å². The Labute approximate surface area is 251 Å². The Morgan fingerprint density at radius 1 is 1.19 bits per heavy atom. The van der Waals surface area contributed by atoms with Crippen LogP contribution in [0.5, 0.6) is 11.5 Å². The maximum Gasteiger partial charge on any atom is 0.171 e. The van der Waals surface area contributed by atoms with E-state index in [1.807, 2.05) is 19.3 Å². The molecule has 1 heterocycles. The number of aliphatic hydroxyl groups is 1. The van der Waals surface area contributed by atoms with Gasteiger partial charge in [-0.3, -0.25) is 5.01 Å². The minimum Gasteiger partial charge on any atom is -0.494 e. The molecule has 2 aliphatic rings. The van der Waals surface area contributed by atoms with Gasteiger partial charge >= 0.3 is 0 Å². The molecule has 2 unspecified atom stereocenters. The maximum atomic E-state index is 15.5. The first-order chi connectivity index (χ1) is 20.0. The van der Waals surface area contributed by atoms with Crippen LogP contribution in [0.4, 0.5) is 8.78 Å². The van der Waals surface area contributed by atoms with Crippen molar-refractivity contribution < 1.29 is 28.1 Å². The van der Waals surface area contributed by atoms with Crippen LogP contribution in [0.25, 0.3) is 0 Å². The van der Waals surface area contributed by atoms with E-state index in [0.29, 0.717) is 26.3 Å². The number of halogens is 2. The zero-order valence-electron chi connectivity index (χ0n) is 26.2. The zero-order valence-corrected chi connectivity index (χ0v) is 27.2. The van der Waals surface area contributed by atoms with Gasteiger partial charge in [0.1, 0.15) is 12.9 Å². The van der Waals surface area contributed by atoms with Gasteiger partial charge in [0.2, 0.25) is 0 Å². The average Bonchev–Trinajstić information content (AvgIpc) is 3.44. The minimum absolute atomic E-state index is 0.0137. The average molecular weight is 609 g/mol. The van der Waals surface area contributed by atoms with Gasteiger partial charge in [-0.2, -0.15) is 5.10 Å². The van der Waals surface area contributed by atoms with Gasteiger partial charge in [0.25, 0.3) is 0 Å². The molecule has 11 heteroatoms. The summed E-state index contributed by atoms with van der Waals surface area (Å²) in [6.07, 6.45) is 9.08. The van der Waals surface area contributed by atoms with Crippen LogP contribution >= 0.6 is 0 Å². The van der Waals surface area contributed by atoms with E-state index in [0.717, 1.165) is 37.3 Å². The van der Waals surface area contributed by atoms with Gasteiger partial charge in [-0.05, 0) is 49.4 Å². The van der Waals surface area contributed by atoms with E-state index in [-0.39, 0.29) is 47.7 Å². The highest BCUT2D eigenvalue weighted by Gasteiger charge is 2.34. The van der Waals surface area contributed by atoms with Crippen molar-refractivity contribution in [3.8, 4) is 11.5 Å². The maximum absolute atomic E-state index is 15.5. The molecule has 0 spiro atoms. The van der Waals surface area contributed by atoms with Crippen molar-refractivity contribution in [2.75, 3.05) is 34.1 Å². The van der Waals surface area contributed by atoms with Crippen LogP contribution < -0.4 is 14.8 Å². The Bertz CT molecular complexity index is 1060. The lowest BCUT2D eigenvalue weighted by Gasteiger charge is -2.40. The second-order valence-electron chi connectivity index (χ2n) is 12.5. The second-order valence-corrected chi connectivity index (χ2v) is 18.1. The normalized spacial score (nSPS) is 21.8. The molecule has 0 bridgehead atoms. The van der Waals surface area contributed by atoms with Gasteiger partial charge in [-0.25, -0.2) is 8.78 Å². The van der Waals surface area contributed by atoms with E-state index in [2.05, 4.69) is 41.4 Å². The fraction of sp³-hybridized carbons (Fsp3) is 0.645. The molecule has 0 aromatic heterocycles. The van der Waals surface area contributed by atoms with E-state index < -0.39 is 19.7 Å². The van der Waals surface area contributed by atoms with Crippen molar-refractivity contribution in [3.63, 3.8) is 0 Å². The number of hydrazone groups is 1. The molecule has 236 valence electrons. The summed E-state index contributed by atoms with van der Waals surface area (Å²) in [7, 11) is 1.41. The number of ether oxygens (including phenoxy) is 3. The number of hydrogen-bond acceptors (Lipinski definition) is 8. The molecular formula is C31H50F2N4O4Si. The first-order valence-corrected chi connectivity index (χ1v) is 18.7. The lowest BCUT2D eigenvalue weighted by molar-refractivity contribution is -0.0323. The van der Waals surface area contributed by atoms with Crippen LogP contribution in [-0.2, 0) is 11.2 Å². The Morgan fingerprint density at radius 2 is 1.83 bits per heavy atom. The summed E-state index contributed by atoms with van der Waals surface area (Å²) < 4.78 is 47.6. The van der Waals surface area contributed by atoms with Gasteiger partial charge in [-0.15, -0.1) is 0 Å². The quantitative estimate of drug-likeness (QED) is 0.141. The van der Waals surface area contributed by atoms with Gasteiger partial charge < -0.3 is 29.5 Å². The van der Waals surface area contributed by atoms with Gasteiger partial charge in [0.15, 0.2) is 23.1 Å². The van der Waals surface area contributed by atoms with Crippen molar-refractivity contribution in [2.24, 2.45) is 11.0 Å². The van der Waals surface area contributed by atoms with Gasteiger partial charge in [0, 0.05) is 64.2 Å². The third-order valence-electron chi connectivity index (χ3n) is 8.07. The summed E-state index contributed by atoms with van der Waals surface area (Å²) in [5.74, 6) is -1.71. The van der Waals surface area contributed by atoms with Crippen molar-refractivity contribution >= 4 is 14.3 Å². The Kier molecular flexibility index (Phi) is 12.7. The lowest BCUT2D eigenvalue weighted by Crippen LogP contribution is -2.48. The molecule has 1 aliphatic carbocycles. The molecular weight excluding hydrogens is 558 g/mol. The van der Waals surface area contributed by atoms with E-state index in [1.165, 1.54) is 20.3 Å². The molecule has 8 nitrogen and oxygen atoms in total. The molecule has 2 N–H and O–H groups in total. The highest BCUT2D eigenvalue weighted by molar-refractivity contribution is 6.76. The Balaban J connectivity index is 2.00. The standard InChI is InChI=1S/C31H50F2N4O4Si/c1-8-34-19-22(2)23(17-26-30(32)27(39-3)18-28(40-4)31(26)33)20-36(21-41-15-16-42(5,6)7)29-13-14-35-37(29)24-9-11-25(38)12-10-24/h8,14,18,20,22,24-25,29,34,38H,1,9-13,15-17,19,21H2,2-7H3/b23-20-. The van der Waals surface area contributed by atoms with Crippen molar-refractivity contribution in [1.29, 1.82) is 0 Å². The molecule has 42 heavy (non-hydrogen) atoms. The van der Waals surface area contributed by atoms with Gasteiger partial charge in [0.05, 0.1) is 20.3 Å². The van der Waals surface area contributed by atoms with E-state index >= 15 is 8.78 Å². The Morgan fingerprint density at radius 3 is 2.40 bits per heavy atom. The van der Waals surface area contributed by atoms with Crippen LogP contribution in [0.3, 0.4) is 0 Å². The highest BCUT2D eigenvalue weighted by atomic mass is 28.3. The van der Waals surface area contributed by atoms with Crippen LogP contribution in [0, 0.1) is 17.6 Å². The molecule has 1 aromatic rings. The number of methoxy groups -OCH3 is 2. The molecule has 1 aromatic carbocycles. The molecule has 1 fully saturated rings. The first kappa shape index (κ1) is 33.9. The van der Waals surface area contributed by atoms with Gasteiger partial charge in [-0.1, -0.05) is 33.1 Å². The number of aliphatic hydroxyl groups excluding tert-OH is 1. The van der Waals surface area contributed by atoms with Crippen LogP contribution in [-0.4, -0.2) is 81.7 Å². The second kappa shape index (κ2) is 15.7. The summed E-state index contributed by atoms with van der Waals surface area (Å²) in [6.45, 7) is 14.2. The lowest BCUT2D eigenvalue weighted by atomic mass is 9.92. The Hall–Kier alpha value is -2.63. The fourth-order valence-corrected chi connectivity index (χ4v) is 6.13. The summed E-state index contributed by atoms with van der Waals surface area (Å²) >= 11 is 0. The van der Waals surface area contributed by atoms with E-state index in [4.69, 9.17) is 19.3 Å². The monoisotopic (exact) mass is 608 g/mol. The highest BCUT2D eigenvalue weighted by Crippen LogP contribution is 2.35. The third kappa shape index (κ3) is 9.18. The summed E-state index contributed by atoms with van der Waals surface area (Å²) in [6, 6.07) is 2.46. The van der Waals surface area contributed by atoms with Crippen LogP contribution in [0.15, 0.2) is 35.7 Å². The SMILES string of the molecule is C=CNCC(C)/C(=C\N(COCC[Si](C)(C)C)C1CC=NN1C1CCC(O)CC1)Cc1c(F)c(OC)cc(OC)c1F. The van der Waals surface area contributed by atoms with Crippen molar-refractivity contribution in [1.82, 2.24) is 15.2 Å². The van der Waals surface area contributed by atoms with E-state index in [9.17, 15) is 5.11 Å². The number of benzene rings is 1. The molecule has 0 saturated heterocycles. The number of rotatable bonds is 16. The number of nitrogens with one attached hydrogen (secondary N) is 1. The summed E-state index contributed by atoms with van der Waals surface area (Å²) in [4.78, 5) is 2.12. The first-order valence-electron chi connectivity index (χ1n) is 14.9. The van der Waals surface area contributed by atoms with Crippen molar-refractivity contribution in [2.45, 2.75) is 89.4 Å². The predicted molar refractivity (Wildman–Crippen MR) is 166 cm³/mol. The molecule has 1 saturated carbocycles. The predicted octanol–water partition coefficient (Wildman–Crippen LogP) is 5.71. The number of hydrogen-bond donors (Lipinski definition) is 2. The van der Waals surface area contributed by atoms with E-state index in [1.54, 1.807) is 6.20 Å². The number of nitrogens with zero attached hydrogens (tertiary/aromatic N) is 3. The minimum atomic E-state index is -1.30. The fourth-order valence-electron chi connectivity index (χ4n) is 5.37. The summed E-state index contributed by atoms with van der Waals surface area (Å²) in [5.41, 5.74) is 0.709. The largest absolute Gasteiger partial charge is 0.494 e. The molecule has 0 amide bonds. The zero-order chi connectivity index (χ0) is 30.9. The molecule has 3 rings (SSSR count). The topological polar surface area (TPSA) is 78.8 Å². The van der Waals surface area contributed by atoms with Crippen molar-refractivity contribution in [3.05, 3.63) is 47.8 Å². The third-order valence-corrected chi connectivity index (χ3v) is 9.78. The smallest absolute Gasteiger partial charge is 0.171 e. The van der Waals surface area contributed by atoms with Crippen LogP contribution in [0.2, 0.25) is 25.7 Å². The molecule has 1 aliphatic heterocycles. The molecule has 2 atom stereocenters.